The monoisotopic (exact) mass is 545 g/mol. The SMILES string of the molecule is CCCN(Cc1ncc(-c2ccc(C#Cc3ccc4nc(SC)[nH]c4c3)cc2)[nH]1)C(=O)C(CC(C)C)SC. The summed E-state index contributed by atoms with van der Waals surface area (Å²) in [6, 6.07) is 14.2. The smallest absolute Gasteiger partial charge is 0.236 e. The molecular formula is C30H35N5OS2. The number of carbonyl (C=O) groups is 1. The van der Waals surface area contributed by atoms with Gasteiger partial charge in [0.15, 0.2) is 5.16 Å². The number of carbonyl (C=O) groups excluding carboxylic acids is 1. The van der Waals surface area contributed by atoms with Crippen molar-refractivity contribution in [1.82, 2.24) is 24.8 Å². The topological polar surface area (TPSA) is 77.7 Å². The highest BCUT2D eigenvalue weighted by atomic mass is 32.2. The molecule has 38 heavy (non-hydrogen) atoms. The van der Waals surface area contributed by atoms with E-state index in [0.29, 0.717) is 12.5 Å². The van der Waals surface area contributed by atoms with Crippen LogP contribution in [0, 0.1) is 17.8 Å². The van der Waals surface area contributed by atoms with Crippen LogP contribution < -0.4 is 0 Å². The fourth-order valence-corrected chi connectivity index (χ4v) is 5.60. The Balaban J connectivity index is 1.43. The van der Waals surface area contributed by atoms with Gasteiger partial charge in [-0.2, -0.15) is 11.8 Å². The van der Waals surface area contributed by atoms with Crippen LogP contribution >= 0.6 is 23.5 Å². The predicted octanol–water partition coefficient (Wildman–Crippen LogP) is 6.59. The van der Waals surface area contributed by atoms with Crippen molar-refractivity contribution in [2.45, 2.75) is 50.6 Å². The number of aromatic nitrogens is 4. The summed E-state index contributed by atoms with van der Waals surface area (Å²) in [5.74, 6) is 7.98. The zero-order chi connectivity index (χ0) is 27.1. The number of hydrogen-bond acceptors (Lipinski definition) is 5. The molecule has 1 unspecified atom stereocenters. The first-order chi connectivity index (χ1) is 18.4. The molecule has 2 N–H and O–H groups in total. The standard InChI is InChI=1S/C30H35N5OS2/c1-6-15-35(29(36)27(37-4)16-20(2)3)19-28-31-18-26(32-28)23-12-9-21(10-13-23)7-8-22-11-14-24-25(17-22)34-30(33-24)38-5/h9-14,17-18,20,27H,6,15-16,19H2,1-5H3,(H,31,32)(H,33,34). The molecule has 0 aliphatic rings. The van der Waals surface area contributed by atoms with E-state index in [1.54, 1.807) is 23.5 Å². The molecule has 1 amide bonds. The van der Waals surface area contributed by atoms with Crippen molar-refractivity contribution < 1.29 is 4.79 Å². The van der Waals surface area contributed by atoms with Gasteiger partial charge in [-0.1, -0.05) is 56.5 Å². The maximum atomic E-state index is 13.2. The van der Waals surface area contributed by atoms with Crippen LogP contribution in [0.2, 0.25) is 0 Å². The van der Waals surface area contributed by atoms with Crippen LogP contribution in [0.3, 0.4) is 0 Å². The molecule has 4 aromatic rings. The van der Waals surface area contributed by atoms with E-state index in [2.05, 4.69) is 52.5 Å². The lowest BCUT2D eigenvalue weighted by molar-refractivity contribution is -0.131. The molecule has 0 aliphatic carbocycles. The summed E-state index contributed by atoms with van der Waals surface area (Å²) < 4.78 is 0. The van der Waals surface area contributed by atoms with Gasteiger partial charge in [0, 0.05) is 17.7 Å². The van der Waals surface area contributed by atoms with Gasteiger partial charge in [-0.05, 0) is 67.2 Å². The van der Waals surface area contributed by atoms with Gasteiger partial charge in [0.25, 0.3) is 0 Å². The van der Waals surface area contributed by atoms with Crippen LogP contribution in [0.5, 0.6) is 0 Å². The molecule has 1 atom stereocenters. The van der Waals surface area contributed by atoms with Crippen molar-refractivity contribution >= 4 is 40.5 Å². The summed E-state index contributed by atoms with van der Waals surface area (Å²) in [7, 11) is 0. The second kappa shape index (κ2) is 13.1. The largest absolute Gasteiger partial charge is 0.341 e. The Bertz CT molecular complexity index is 1430. The average molecular weight is 546 g/mol. The normalized spacial score (nSPS) is 11.9. The molecule has 0 radical (unpaired) electrons. The number of H-pyrrole nitrogens is 2. The van der Waals surface area contributed by atoms with Gasteiger partial charge in [-0.25, -0.2) is 9.97 Å². The fraction of sp³-hybridized carbons (Fsp3) is 0.367. The molecule has 6 nitrogen and oxygen atoms in total. The maximum absolute atomic E-state index is 13.2. The van der Waals surface area contributed by atoms with E-state index in [1.165, 1.54) is 0 Å². The number of nitrogens with zero attached hydrogens (tertiary/aromatic N) is 3. The molecule has 0 saturated carbocycles. The number of thioether (sulfide) groups is 2. The van der Waals surface area contributed by atoms with E-state index >= 15 is 0 Å². The Kier molecular flexibility index (Phi) is 9.59. The van der Waals surface area contributed by atoms with Crippen molar-refractivity contribution in [2.75, 3.05) is 19.1 Å². The summed E-state index contributed by atoms with van der Waals surface area (Å²) in [6.07, 6.45) is 7.67. The minimum Gasteiger partial charge on any atom is -0.341 e. The summed E-state index contributed by atoms with van der Waals surface area (Å²) in [4.78, 5) is 31.0. The molecule has 2 heterocycles. The summed E-state index contributed by atoms with van der Waals surface area (Å²) in [6.45, 7) is 7.65. The Morgan fingerprint density at radius 1 is 1.05 bits per heavy atom. The summed E-state index contributed by atoms with van der Waals surface area (Å²) in [5.41, 5.74) is 5.80. The van der Waals surface area contributed by atoms with Gasteiger partial charge in [-0.3, -0.25) is 4.79 Å². The first-order valence-electron chi connectivity index (χ1n) is 12.9. The lowest BCUT2D eigenvalue weighted by atomic mass is 10.1. The van der Waals surface area contributed by atoms with Gasteiger partial charge in [0.1, 0.15) is 5.82 Å². The number of benzene rings is 2. The fourth-order valence-electron chi connectivity index (χ4n) is 4.28. The van der Waals surface area contributed by atoms with E-state index in [9.17, 15) is 4.79 Å². The molecule has 2 aromatic carbocycles. The molecule has 4 rings (SSSR count). The van der Waals surface area contributed by atoms with E-state index in [-0.39, 0.29) is 11.2 Å². The maximum Gasteiger partial charge on any atom is 0.236 e. The second-order valence-electron chi connectivity index (χ2n) is 9.66. The highest BCUT2D eigenvalue weighted by molar-refractivity contribution is 7.99. The van der Waals surface area contributed by atoms with Gasteiger partial charge in [-0.15, -0.1) is 0 Å². The number of fused-ring (bicyclic) bond motifs is 1. The number of hydrogen-bond donors (Lipinski definition) is 2. The summed E-state index contributed by atoms with van der Waals surface area (Å²) >= 11 is 3.23. The first-order valence-corrected chi connectivity index (χ1v) is 15.4. The van der Waals surface area contributed by atoms with Crippen LogP contribution in [-0.2, 0) is 11.3 Å². The van der Waals surface area contributed by atoms with Crippen molar-refractivity contribution in [3.63, 3.8) is 0 Å². The molecule has 8 heteroatoms. The number of rotatable bonds is 10. The highest BCUT2D eigenvalue weighted by Crippen LogP contribution is 2.22. The molecule has 0 spiro atoms. The van der Waals surface area contributed by atoms with Crippen molar-refractivity contribution in [3.05, 3.63) is 65.6 Å². The first kappa shape index (κ1) is 27.9. The predicted molar refractivity (Wildman–Crippen MR) is 160 cm³/mol. The Hall–Kier alpha value is -3.15. The second-order valence-corrected chi connectivity index (χ2v) is 11.5. The van der Waals surface area contributed by atoms with E-state index in [0.717, 1.165) is 63.8 Å². The number of aromatic amines is 2. The molecule has 0 saturated heterocycles. The zero-order valence-corrected chi connectivity index (χ0v) is 24.3. The van der Waals surface area contributed by atoms with E-state index < -0.39 is 0 Å². The zero-order valence-electron chi connectivity index (χ0n) is 22.7. The molecule has 0 bridgehead atoms. The molecule has 2 aromatic heterocycles. The van der Waals surface area contributed by atoms with Gasteiger partial charge >= 0.3 is 0 Å². The highest BCUT2D eigenvalue weighted by Gasteiger charge is 2.25. The minimum atomic E-state index is -0.0150. The lowest BCUT2D eigenvalue weighted by Crippen LogP contribution is -2.38. The Morgan fingerprint density at radius 2 is 1.79 bits per heavy atom. The van der Waals surface area contributed by atoms with Gasteiger partial charge < -0.3 is 14.9 Å². The Labute approximate surface area is 233 Å². The van der Waals surface area contributed by atoms with Crippen LogP contribution in [0.15, 0.2) is 53.8 Å². The summed E-state index contributed by atoms with van der Waals surface area (Å²) in [5, 5.41) is 0.890. The third-order valence-corrected chi connectivity index (χ3v) is 7.76. The van der Waals surface area contributed by atoms with Crippen LogP contribution in [0.25, 0.3) is 22.3 Å². The van der Waals surface area contributed by atoms with Crippen LogP contribution in [-0.4, -0.2) is 55.0 Å². The van der Waals surface area contributed by atoms with Crippen LogP contribution in [0.4, 0.5) is 0 Å². The third kappa shape index (κ3) is 7.03. The Morgan fingerprint density at radius 3 is 2.47 bits per heavy atom. The van der Waals surface area contributed by atoms with E-state index in [4.69, 9.17) is 0 Å². The van der Waals surface area contributed by atoms with Crippen molar-refractivity contribution in [1.29, 1.82) is 0 Å². The molecular weight excluding hydrogens is 510 g/mol. The lowest BCUT2D eigenvalue weighted by Gasteiger charge is -2.26. The molecule has 198 valence electrons. The molecule has 0 aliphatic heterocycles. The van der Waals surface area contributed by atoms with Gasteiger partial charge in [0.05, 0.1) is 34.7 Å². The van der Waals surface area contributed by atoms with Crippen molar-refractivity contribution in [2.24, 2.45) is 5.92 Å². The number of amides is 1. The van der Waals surface area contributed by atoms with Gasteiger partial charge in [0.2, 0.25) is 5.91 Å². The number of nitrogens with one attached hydrogen (secondary N) is 2. The van der Waals surface area contributed by atoms with E-state index in [1.807, 2.05) is 66.1 Å². The molecule has 0 fully saturated rings. The minimum absolute atomic E-state index is 0.0150. The quantitative estimate of drug-likeness (QED) is 0.174. The number of imidazole rings is 2. The third-order valence-electron chi connectivity index (χ3n) is 6.22. The van der Waals surface area contributed by atoms with Crippen molar-refractivity contribution in [3.8, 4) is 23.1 Å². The van der Waals surface area contributed by atoms with Crippen LogP contribution in [0.1, 0.15) is 50.6 Å². The average Bonchev–Trinajstić information content (AvgIpc) is 3.56.